The van der Waals surface area contributed by atoms with E-state index < -0.39 is 0 Å². The first kappa shape index (κ1) is 16.1. The molecule has 1 aliphatic carbocycles. The van der Waals surface area contributed by atoms with Crippen LogP contribution in [-0.2, 0) is 5.41 Å². The van der Waals surface area contributed by atoms with Gasteiger partial charge in [-0.1, -0.05) is 35.8 Å². The molecule has 3 aromatic heterocycles. The Bertz CT molecular complexity index is 1050. The summed E-state index contributed by atoms with van der Waals surface area (Å²) in [6.07, 6.45) is 6.63. The molecule has 2 N–H and O–H groups in total. The highest BCUT2D eigenvalue weighted by Gasteiger charge is 2.44. The maximum absolute atomic E-state index is 5.56. The number of hydrogen-bond donors (Lipinski definition) is 1. The molecule has 0 amide bonds. The molecule has 3 heterocycles. The van der Waals surface area contributed by atoms with E-state index in [2.05, 4.69) is 49.4 Å². The molecule has 0 unspecified atom stereocenters. The van der Waals surface area contributed by atoms with E-state index in [1.807, 2.05) is 5.38 Å². The molecule has 0 atom stereocenters. The maximum Gasteiger partial charge on any atom is 0.277 e. The van der Waals surface area contributed by atoms with Gasteiger partial charge < -0.3 is 10.3 Å². The van der Waals surface area contributed by atoms with E-state index in [1.54, 1.807) is 17.9 Å². The minimum atomic E-state index is -0.187. The third kappa shape index (κ3) is 2.69. The molecule has 27 heavy (non-hydrogen) atoms. The second-order valence-corrected chi connectivity index (χ2v) is 7.36. The summed E-state index contributed by atoms with van der Waals surface area (Å²) < 4.78 is 5.47. The highest BCUT2D eigenvalue weighted by molar-refractivity contribution is 7.07. The van der Waals surface area contributed by atoms with Crippen LogP contribution in [0.2, 0.25) is 0 Å². The van der Waals surface area contributed by atoms with Gasteiger partial charge in [0.1, 0.15) is 5.69 Å². The fourth-order valence-corrected chi connectivity index (χ4v) is 4.01. The lowest BCUT2D eigenvalue weighted by molar-refractivity contribution is 0.273. The van der Waals surface area contributed by atoms with Gasteiger partial charge in [0.2, 0.25) is 5.95 Å². The van der Waals surface area contributed by atoms with E-state index in [0.717, 1.165) is 41.9 Å². The molecule has 134 valence electrons. The van der Waals surface area contributed by atoms with E-state index in [-0.39, 0.29) is 11.4 Å². The molecule has 5 rings (SSSR count). The fraction of sp³-hybridized carbons (Fsp3) is 0.211. The number of nitrogens with two attached hydrogens (primary N) is 1. The zero-order chi connectivity index (χ0) is 18.3. The lowest BCUT2D eigenvalue weighted by atomic mass is 9.64. The van der Waals surface area contributed by atoms with Crippen LogP contribution in [0.5, 0.6) is 0 Å². The van der Waals surface area contributed by atoms with Crippen molar-refractivity contribution in [2.75, 3.05) is 5.73 Å². The molecule has 0 spiro atoms. The van der Waals surface area contributed by atoms with Crippen molar-refractivity contribution >= 4 is 17.3 Å². The van der Waals surface area contributed by atoms with E-state index in [4.69, 9.17) is 10.3 Å². The molecule has 1 aromatic carbocycles. The van der Waals surface area contributed by atoms with Crippen LogP contribution >= 0.6 is 11.3 Å². The van der Waals surface area contributed by atoms with E-state index in [0.29, 0.717) is 5.89 Å². The van der Waals surface area contributed by atoms with Crippen molar-refractivity contribution in [1.82, 2.24) is 25.1 Å². The first-order valence-electron chi connectivity index (χ1n) is 8.66. The van der Waals surface area contributed by atoms with Gasteiger partial charge in [-0.25, -0.2) is 15.0 Å². The first-order valence-corrected chi connectivity index (χ1v) is 9.60. The second kappa shape index (κ2) is 6.24. The van der Waals surface area contributed by atoms with Crippen LogP contribution in [0.4, 0.5) is 5.95 Å². The van der Waals surface area contributed by atoms with Crippen LogP contribution in [0.15, 0.2) is 52.1 Å². The molecule has 1 aliphatic rings. The average Bonchev–Trinajstić information content (AvgIpc) is 3.34. The molecule has 1 saturated carbocycles. The van der Waals surface area contributed by atoms with Crippen LogP contribution < -0.4 is 5.73 Å². The number of hydrogen-bond acceptors (Lipinski definition) is 8. The zero-order valence-electron chi connectivity index (χ0n) is 14.4. The van der Waals surface area contributed by atoms with Crippen molar-refractivity contribution < 1.29 is 4.52 Å². The summed E-state index contributed by atoms with van der Waals surface area (Å²) in [5.74, 6) is 1.49. The number of benzene rings is 1. The van der Waals surface area contributed by atoms with Crippen molar-refractivity contribution in [3.8, 4) is 22.7 Å². The summed E-state index contributed by atoms with van der Waals surface area (Å²) in [7, 11) is 0. The largest absolute Gasteiger partial charge is 0.368 e. The summed E-state index contributed by atoms with van der Waals surface area (Å²) in [4.78, 5) is 17.0. The van der Waals surface area contributed by atoms with Crippen molar-refractivity contribution in [2.45, 2.75) is 24.7 Å². The Kier molecular flexibility index (Phi) is 3.71. The van der Waals surface area contributed by atoms with Gasteiger partial charge in [-0.3, -0.25) is 0 Å². The fourth-order valence-electron chi connectivity index (χ4n) is 3.48. The lowest BCUT2D eigenvalue weighted by Gasteiger charge is -2.39. The van der Waals surface area contributed by atoms with Gasteiger partial charge in [-0.15, -0.1) is 11.3 Å². The second-order valence-electron chi connectivity index (χ2n) is 6.64. The van der Waals surface area contributed by atoms with Gasteiger partial charge in [0.15, 0.2) is 5.82 Å². The van der Waals surface area contributed by atoms with E-state index >= 15 is 0 Å². The molecule has 1 fully saturated rings. The average molecular weight is 376 g/mol. The summed E-state index contributed by atoms with van der Waals surface area (Å²) in [5.41, 5.74) is 11.0. The standard InChI is InChI=1S/C19H16N6OS/c20-18-21-8-13(9-22-18)12-2-4-14(5-3-12)19(6-1-7-19)17-24-16(26-25-17)15-10-27-11-23-15/h2-5,8-11H,1,6-7H2,(H2,20,21,22). The molecular formula is C19H16N6OS. The number of nitrogens with zero attached hydrogens (tertiary/aromatic N) is 5. The first-order chi connectivity index (χ1) is 13.2. The van der Waals surface area contributed by atoms with Gasteiger partial charge in [-0.2, -0.15) is 4.98 Å². The highest BCUT2D eigenvalue weighted by atomic mass is 32.1. The summed E-state index contributed by atoms with van der Waals surface area (Å²) in [5, 5.41) is 6.19. The highest BCUT2D eigenvalue weighted by Crippen LogP contribution is 2.48. The smallest absolute Gasteiger partial charge is 0.277 e. The van der Waals surface area contributed by atoms with E-state index in [1.165, 1.54) is 16.9 Å². The molecule has 0 radical (unpaired) electrons. The van der Waals surface area contributed by atoms with Gasteiger partial charge in [0, 0.05) is 23.3 Å². The van der Waals surface area contributed by atoms with Gasteiger partial charge >= 0.3 is 0 Å². The minimum absolute atomic E-state index is 0.187. The summed E-state index contributed by atoms with van der Waals surface area (Å²) in [6, 6.07) is 8.41. The van der Waals surface area contributed by atoms with E-state index in [9.17, 15) is 0 Å². The van der Waals surface area contributed by atoms with Gasteiger partial charge in [0.05, 0.1) is 10.9 Å². The van der Waals surface area contributed by atoms with Gasteiger partial charge in [0.25, 0.3) is 5.89 Å². The summed E-state index contributed by atoms with van der Waals surface area (Å²) in [6.45, 7) is 0. The molecular weight excluding hydrogens is 360 g/mol. The Hall–Kier alpha value is -3.13. The number of aromatic nitrogens is 5. The maximum atomic E-state index is 5.56. The Morgan fingerprint density at radius 1 is 1.00 bits per heavy atom. The van der Waals surface area contributed by atoms with Crippen molar-refractivity contribution in [1.29, 1.82) is 0 Å². The quantitative estimate of drug-likeness (QED) is 0.579. The SMILES string of the molecule is Nc1ncc(-c2ccc(C3(c4noc(-c5cscn5)n4)CCC3)cc2)cn1. The zero-order valence-corrected chi connectivity index (χ0v) is 15.2. The van der Waals surface area contributed by atoms with Crippen molar-refractivity contribution in [3.63, 3.8) is 0 Å². The molecule has 7 nitrogen and oxygen atoms in total. The van der Waals surface area contributed by atoms with Crippen LogP contribution in [0.25, 0.3) is 22.7 Å². The normalized spacial score (nSPS) is 15.4. The van der Waals surface area contributed by atoms with Gasteiger partial charge in [-0.05, 0) is 24.0 Å². The molecule has 0 saturated heterocycles. The third-order valence-corrected chi connectivity index (χ3v) is 5.74. The Balaban J connectivity index is 1.47. The van der Waals surface area contributed by atoms with Crippen LogP contribution in [0, 0.1) is 0 Å². The Morgan fingerprint density at radius 2 is 1.78 bits per heavy atom. The van der Waals surface area contributed by atoms with Crippen molar-refractivity contribution in [2.24, 2.45) is 0 Å². The lowest BCUT2D eigenvalue weighted by Crippen LogP contribution is -2.36. The van der Waals surface area contributed by atoms with Crippen LogP contribution in [0.3, 0.4) is 0 Å². The monoisotopic (exact) mass is 376 g/mol. The summed E-state index contributed by atoms with van der Waals surface area (Å²) >= 11 is 1.51. The van der Waals surface area contributed by atoms with Crippen LogP contribution in [-0.4, -0.2) is 25.1 Å². The number of nitrogen functional groups attached to an aromatic ring is 1. The third-order valence-electron chi connectivity index (χ3n) is 5.16. The van der Waals surface area contributed by atoms with Crippen molar-refractivity contribution in [3.05, 3.63) is 58.9 Å². The Morgan fingerprint density at radius 3 is 2.41 bits per heavy atom. The predicted octanol–water partition coefficient (Wildman–Crippen LogP) is 3.70. The molecule has 0 aliphatic heterocycles. The molecule has 4 aromatic rings. The number of anilines is 1. The number of rotatable bonds is 4. The number of thiazole rings is 1. The minimum Gasteiger partial charge on any atom is -0.368 e. The Labute approximate surface area is 159 Å². The molecule has 8 heteroatoms. The predicted molar refractivity (Wildman–Crippen MR) is 102 cm³/mol. The molecule has 0 bridgehead atoms. The topological polar surface area (TPSA) is 104 Å². The van der Waals surface area contributed by atoms with Crippen LogP contribution in [0.1, 0.15) is 30.7 Å².